The van der Waals surface area contributed by atoms with Crippen LogP contribution in [-0.2, 0) is 6.42 Å². The van der Waals surface area contributed by atoms with E-state index in [9.17, 15) is 0 Å². The zero-order valence-electron chi connectivity index (χ0n) is 23.0. The Morgan fingerprint density at radius 3 is 2.48 bits per heavy atom. The highest BCUT2D eigenvalue weighted by atomic mass is 32.1. The summed E-state index contributed by atoms with van der Waals surface area (Å²) in [5, 5.41) is 5.34. The first-order valence-electron chi connectivity index (χ1n) is 14.7. The van der Waals surface area contributed by atoms with Crippen molar-refractivity contribution in [2.45, 2.75) is 25.3 Å². The molecule has 42 heavy (non-hydrogen) atoms. The summed E-state index contributed by atoms with van der Waals surface area (Å²) in [4.78, 5) is 10.2. The van der Waals surface area contributed by atoms with E-state index in [1.54, 1.807) is 0 Å². The minimum atomic E-state index is 0.168. The van der Waals surface area contributed by atoms with Gasteiger partial charge in [-0.3, -0.25) is 0 Å². The fourth-order valence-electron chi connectivity index (χ4n) is 6.91. The molecule has 3 heterocycles. The Morgan fingerprint density at radius 2 is 1.55 bits per heavy atom. The van der Waals surface area contributed by atoms with Crippen LogP contribution in [0.5, 0.6) is 0 Å². The topological polar surface area (TPSA) is 30.7 Å². The molecule has 7 aromatic rings. The Morgan fingerprint density at radius 1 is 0.714 bits per heavy atom. The lowest BCUT2D eigenvalue weighted by molar-refractivity contribution is 0.651. The second-order valence-electron chi connectivity index (χ2n) is 11.2. The number of benzene rings is 4. The van der Waals surface area contributed by atoms with Crippen molar-refractivity contribution in [1.82, 2.24) is 14.5 Å². The zero-order chi connectivity index (χ0) is 27.6. The van der Waals surface area contributed by atoms with E-state index in [0.29, 0.717) is 0 Å². The van der Waals surface area contributed by atoms with Crippen molar-refractivity contribution >= 4 is 65.0 Å². The normalized spacial score (nSPS) is 16.5. The highest BCUT2D eigenvalue weighted by Crippen LogP contribution is 2.44. The lowest BCUT2D eigenvalue weighted by Gasteiger charge is -2.23. The maximum absolute atomic E-state index is 5.23. The van der Waals surface area contributed by atoms with Crippen LogP contribution in [0, 0.1) is 0 Å². The molecule has 9 rings (SSSR count). The van der Waals surface area contributed by atoms with Gasteiger partial charge in [0.05, 0.1) is 22.9 Å². The number of hydrogen-bond donors (Lipinski definition) is 0. The third-order valence-electron chi connectivity index (χ3n) is 8.77. The summed E-state index contributed by atoms with van der Waals surface area (Å²) in [6.45, 7) is 0. The molecule has 0 fully saturated rings. The number of thiophene rings is 1. The van der Waals surface area contributed by atoms with Gasteiger partial charge in [0.25, 0.3) is 0 Å². The van der Waals surface area contributed by atoms with Crippen molar-refractivity contribution in [3.05, 3.63) is 132 Å². The van der Waals surface area contributed by atoms with Gasteiger partial charge in [-0.15, -0.1) is 11.3 Å². The first-order valence-corrected chi connectivity index (χ1v) is 15.5. The van der Waals surface area contributed by atoms with Crippen molar-refractivity contribution in [3.8, 4) is 11.4 Å². The minimum Gasteiger partial charge on any atom is -0.333 e. The minimum absolute atomic E-state index is 0.168. The van der Waals surface area contributed by atoms with Crippen LogP contribution in [0.3, 0.4) is 0 Å². The van der Waals surface area contributed by atoms with Crippen molar-refractivity contribution in [2.75, 3.05) is 0 Å². The molecule has 0 saturated carbocycles. The quantitative estimate of drug-likeness (QED) is 0.216. The van der Waals surface area contributed by atoms with Crippen LogP contribution in [0.4, 0.5) is 0 Å². The van der Waals surface area contributed by atoms with Gasteiger partial charge >= 0.3 is 0 Å². The number of aromatic nitrogens is 3. The van der Waals surface area contributed by atoms with Gasteiger partial charge in [-0.05, 0) is 49.1 Å². The molecule has 4 heteroatoms. The molecule has 2 aliphatic rings. The van der Waals surface area contributed by atoms with E-state index in [-0.39, 0.29) is 6.04 Å². The zero-order valence-corrected chi connectivity index (χ0v) is 23.8. The van der Waals surface area contributed by atoms with Gasteiger partial charge in [-0.1, -0.05) is 97.1 Å². The highest BCUT2D eigenvalue weighted by Gasteiger charge is 2.24. The van der Waals surface area contributed by atoms with Crippen LogP contribution in [0.2, 0.25) is 0 Å². The Hall–Kier alpha value is -4.80. The maximum Gasteiger partial charge on any atom is 0.160 e. The van der Waals surface area contributed by atoms with Gasteiger partial charge in [0.2, 0.25) is 0 Å². The van der Waals surface area contributed by atoms with Crippen molar-refractivity contribution in [2.24, 2.45) is 0 Å². The summed E-state index contributed by atoms with van der Waals surface area (Å²) in [6, 6.07) is 32.9. The van der Waals surface area contributed by atoms with Gasteiger partial charge in [-0.25, -0.2) is 9.97 Å². The molecule has 0 radical (unpaired) electrons. The molecule has 200 valence electrons. The van der Waals surface area contributed by atoms with E-state index < -0.39 is 0 Å². The number of nitrogens with zero attached hydrogens (tertiary/aromatic N) is 3. The number of allylic oxidation sites excluding steroid dienone is 5. The average molecular weight is 558 g/mol. The van der Waals surface area contributed by atoms with E-state index in [1.165, 1.54) is 53.1 Å². The number of fused-ring (bicyclic) bond motifs is 8. The van der Waals surface area contributed by atoms with E-state index in [4.69, 9.17) is 9.97 Å². The monoisotopic (exact) mass is 557 g/mol. The summed E-state index contributed by atoms with van der Waals surface area (Å²) in [5.74, 6) is 0.788. The summed E-state index contributed by atoms with van der Waals surface area (Å²) in [5.41, 5.74) is 8.21. The Balaban J connectivity index is 1.30. The summed E-state index contributed by atoms with van der Waals surface area (Å²) in [6.07, 6.45) is 14.4. The third kappa shape index (κ3) is 3.58. The summed E-state index contributed by atoms with van der Waals surface area (Å²) < 4.78 is 5.28. The van der Waals surface area contributed by atoms with E-state index >= 15 is 0 Å². The van der Waals surface area contributed by atoms with E-state index in [0.717, 1.165) is 42.0 Å². The molecule has 0 aliphatic heterocycles. The first kappa shape index (κ1) is 23.9. The lowest BCUT2D eigenvalue weighted by Crippen LogP contribution is -2.12. The molecular weight excluding hydrogens is 531 g/mol. The fraction of sp³-hybridized carbons (Fsp3) is 0.105. The maximum atomic E-state index is 5.23. The Kier molecular flexibility index (Phi) is 5.32. The number of rotatable bonds is 3. The van der Waals surface area contributed by atoms with Crippen LogP contribution in [0.15, 0.2) is 115 Å². The molecule has 3 aromatic heterocycles. The molecule has 2 aliphatic carbocycles. The third-order valence-corrected chi connectivity index (χ3v) is 9.91. The molecule has 0 amide bonds. The second-order valence-corrected chi connectivity index (χ2v) is 12.3. The van der Waals surface area contributed by atoms with Gasteiger partial charge in [-0.2, -0.15) is 0 Å². The molecule has 0 saturated heterocycles. The predicted octanol–water partition coefficient (Wildman–Crippen LogP) is 10.2. The van der Waals surface area contributed by atoms with Gasteiger partial charge < -0.3 is 4.57 Å². The van der Waals surface area contributed by atoms with Crippen molar-refractivity contribution in [3.63, 3.8) is 0 Å². The van der Waals surface area contributed by atoms with Gasteiger partial charge in [0.1, 0.15) is 0 Å². The van der Waals surface area contributed by atoms with E-state index in [2.05, 4.69) is 120 Å². The second kappa shape index (κ2) is 9.37. The average Bonchev–Trinajstić information content (AvgIpc) is 3.60. The van der Waals surface area contributed by atoms with E-state index in [1.807, 2.05) is 17.4 Å². The molecule has 3 nitrogen and oxygen atoms in total. The number of hydrogen-bond acceptors (Lipinski definition) is 3. The number of para-hydroxylation sites is 1. The van der Waals surface area contributed by atoms with Crippen LogP contribution >= 0.6 is 11.3 Å². The lowest BCUT2D eigenvalue weighted by atomic mass is 9.92. The molecule has 4 aromatic carbocycles. The van der Waals surface area contributed by atoms with Crippen LogP contribution in [0.25, 0.3) is 65.0 Å². The van der Waals surface area contributed by atoms with Crippen molar-refractivity contribution in [1.29, 1.82) is 0 Å². The molecule has 0 bridgehead atoms. The summed E-state index contributed by atoms with van der Waals surface area (Å²) >= 11 is 1.89. The van der Waals surface area contributed by atoms with Gasteiger partial charge in [0.15, 0.2) is 5.82 Å². The van der Waals surface area contributed by atoms with Crippen molar-refractivity contribution < 1.29 is 0 Å². The Labute approximate surface area is 247 Å². The van der Waals surface area contributed by atoms with Gasteiger partial charge in [0, 0.05) is 47.6 Å². The largest absolute Gasteiger partial charge is 0.333 e. The molecular formula is C38H27N3S. The Bertz CT molecular complexity index is 2280. The molecule has 1 atom stereocenters. The smallest absolute Gasteiger partial charge is 0.160 e. The standard InChI is InChI=1S/C38H27N3S/c1-2-11-24(12-3-1)38-39-31-18-7-4-16-29(31)36(40-38)25-13-10-14-26(23-25)41-32-19-8-5-15-27(32)28-21-22-34-35(37(28)41)30-17-6-9-20-33(30)42-34/h1-3,5-13,15,17-23,26H,4,14,16H2. The first-order chi connectivity index (χ1) is 20.8. The summed E-state index contributed by atoms with van der Waals surface area (Å²) in [7, 11) is 0. The van der Waals surface area contributed by atoms with Crippen LogP contribution in [0.1, 0.15) is 35.8 Å². The molecule has 0 N–H and O–H groups in total. The molecule has 1 unspecified atom stereocenters. The molecule has 0 spiro atoms. The fourth-order valence-corrected chi connectivity index (χ4v) is 8.02. The highest BCUT2D eigenvalue weighted by molar-refractivity contribution is 7.26. The predicted molar refractivity (Wildman–Crippen MR) is 178 cm³/mol. The van der Waals surface area contributed by atoms with Crippen LogP contribution in [-0.4, -0.2) is 14.5 Å². The SMILES string of the molecule is C1=Cc2nc(-c3ccccc3)nc(C3=CC(n4c5ccccc5c5ccc6sc7ccccc7c6c54)CC=C3)c2CC1. The van der Waals surface area contributed by atoms with Crippen LogP contribution < -0.4 is 0 Å².